The number of nitrogens with one attached hydrogen (secondary N) is 4. The lowest BCUT2D eigenvalue weighted by molar-refractivity contribution is -0.138. The van der Waals surface area contributed by atoms with Gasteiger partial charge in [0.05, 0.1) is 14.2 Å². The maximum Gasteiger partial charge on any atom is 0.407 e. The molecule has 14 heteroatoms. The van der Waals surface area contributed by atoms with Crippen molar-refractivity contribution in [1.29, 1.82) is 0 Å². The van der Waals surface area contributed by atoms with Crippen LogP contribution in [0.1, 0.15) is 39.5 Å². The number of amides is 6. The van der Waals surface area contributed by atoms with Crippen LogP contribution < -0.4 is 21.3 Å². The number of anilines is 2. The largest absolute Gasteiger partial charge is 0.453 e. The lowest BCUT2D eigenvalue weighted by Gasteiger charge is -2.27. The van der Waals surface area contributed by atoms with Gasteiger partial charge in [0, 0.05) is 24.5 Å². The molecule has 246 valence electrons. The minimum Gasteiger partial charge on any atom is -0.453 e. The minimum atomic E-state index is -0.827. The summed E-state index contributed by atoms with van der Waals surface area (Å²) >= 11 is 0. The average molecular weight is 637 g/mol. The molecule has 4 atom stereocenters. The van der Waals surface area contributed by atoms with Gasteiger partial charge < -0.3 is 40.5 Å². The minimum absolute atomic E-state index is 0.305. The monoisotopic (exact) mass is 636 g/mol. The van der Waals surface area contributed by atoms with E-state index in [0.29, 0.717) is 50.1 Å². The van der Waals surface area contributed by atoms with Crippen molar-refractivity contribution in [2.24, 2.45) is 0 Å². The molecular formula is C32H40N6O8. The van der Waals surface area contributed by atoms with Gasteiger partial charge in [-0.1, -0.05) is 24.3 Å². The number of hydrogen-bond acceptors (Lipinski definition) is 8. The third kappa shape index (κ3) is 8.11. The second kappa shape index (κ2) is 15.2. The fourth-order valence-corrected chi connectivity index (χ4v) is 5.64. The molecule has 46 heavy (non-hydrogen) atoms. The van der Waals surface area contributed by atoms with Crippen LogP contribution >= 0.6 is 0 Å². The van der Waals surface area contributed by atoms with Crippen LogP contribution in [0.25, 0.3) is 11.1 Å². The van der Waals surface area contributed by atoms with E-state index in [-0.39, 0.29) is 23.6 Å². The molecule has 0 bridgehead atoms. The van der Waals surface area contributed by atoms with Crippen molar-refractivity contribution in [2.75, 3.05) is 37.9 Å². The van der Waals surface area contributed by atoms with Crippen molar-refractivity contribution >= 4 is 47.2 Å². The van der Waals surface area contributed by atoms with E-state index in [1.54, 1.807) is 38.1 Å². The van der Waals surface area contributed by atoms with E-state index in [2.05, 4.69) is 30.7 Å². The lowest BCUT2D eigenvalue weighted by atomic mass is 10.0. The van der Waals surface area contributed by atoms with Gasteiger partial charge in [-0.25, -0.2) is 9.59 Å². The Balaban J connectivity index is 1.32. The Morgan fingerprint density at radius 3 is 1.30 bits per heavy atom. The molecule has 0 aromatic heterocycles. The van der Waals surface area contributed by atoms with Crippen LogP contribution in [0.15, 0.2) is 48.5 Å². The molecule has 6 amide bonds. The van der Waals surface area contributed by atoms with Crippen molar-refractivity contribution in [1.82, 2.24) is 20.4 Å². The summed E-state index contributed by atoms with van der Waals surface area (Å²) in [6, 6.07) is 11.6. The molecule has 0 spiro atoms. The number of carbonyl (C=O) groups excluding carboxylic acids is 6. The molecule has 2 aromatic rings. The molecule has 4 rings (SSSR count). The van der Waals surface area contributed by atoms with Gasteiger partial charge in [-0.2, -0.15) is 0 Å². The first-order valence-electron chi connectivity index (χ1n) is 15.1. The zero-order chi connectivity index (χ0) is 33.4. The highest BCUT2D eigenvalue weighted by Crippen LogP contribution is 2.26. The van der Waals surface area contributed by atoms with Crippen molar-refractivity contribution in [2.45, 2.75) is 63.7 Å². The fraction of sp³-hybridized carbons (Fsp3) is 0.438. The third-order valence-corrected chi connectivity index (χ3v) is 8.10. The number of hydrogen-bond donors (Lipinski definition) is 4. The number of nitrogens with zero attached hydrogens (tertiary/aromatic N) is 2. The van der Waals surface area contributed by atoms with Crippen LogP contribution in [0.3, 0.4) is 0 Å². The molecule has 0 radical (unpaired) electrons. The second-order valence-electron chi connectivity index (χ2n) is 11.2. The predicted molar refractivity (Wildman–Crippen MR) is 169 cm³/mol. The van der Waals surface area contributed by atoms with E-state index in [4.69, 9.17) is 0 Å². The lowest BCUT2D eigenvalue weighted by Crippen LogP contribution is -2.51. The number of benzene rings is 2. The molecule has 2 heterocycles. The number of methoxy groups -OCH3 is 2. The van der Waals surface area contributed by atoms with Gasteiger partial charge in [0.2, 0.25) is 23.6 Å². The molecule has 0 aliphatic carbocycles. The molecular weight excluding hydrogens is 596 g/mol. The maximum absolute atomic E-state index is 13.1. The van der Waals surface area contributed by atoms with Crippen LogP contribution in [0.2, 0.25) is 0 Å². The summed E-state index contributed by atoms with van der Waals surface area (Å²) < 4.78 is 9.11. The standard InChI is InChI=1S/C32H40N6O8/c1-19(33-31(43)45-3)29(41)37-17-5-7-25(37)27(39)35-23-13-9-21(10-14-23)22-11-15-24(16-12-22)36-28(40)26-8-6-18-38(26)30(42)20(2)34-32(44)46-4/h9-16,19-20,25-26H,5-8,17-18H2,1-4H3,(H,33,43)(H,34,44)(H,35,39)(H,36,40)/t19-,20-,25-,26-/m0/s1. The summed E-state index contributed by atoms with van der Waals surface area (Å²) in [6.07, 6.45) is 0.955. The van der Waals surface area contributed by atoms with Gasteiger partial charge in [0.1, 0.15) is 24.2 Å². The normalized spacial score (nSPS) is 18.6. The van der Waals surface area contributed by atoms with Crippen LogP contribution in [0, 0.1) is 0 Å². The SMILES string of the molecule is COC(=O)N[C@@H](C)C(=O)N1CCC[C@H]1C(=O)Nc1ccc(-c2ccc(NC(=O)[C@@H]3CCCN3C(=O)[C@H](C)NC(=O)OC)cc2)cc1. The van der Waals surface area contributed by atoms with Crippen LogP contribution in [-0.4, -0.2) is 97.1 Å². The summed E-state index contributed by atoms with van der Waals surface area (Å²) in [5.74, 6) is -1.31. The zero-order valence-corrected chi connectivity index (χ0v) is 26.3. The second-order valence-corrected chi connectivity index (χ2v) is 11.2. The first-order valence-corrected chi connectivity index (χ1v) is 15.1. The Bertz CT molecular complexity index is 1340. The molecule has 2 aliphatic heterocycles. The zero-order valence-electron chi connectivity index (χ0n) is 26.3. The van der Waals surface area contributed by atoms with E-state index in [1.165, 1.54) is 24.0 Å². The molecule has 0 unspecified atom stereocenters. The number of rotatable bonds is 9. The van der Waals surface area contributed by atoms with E-state index in [1.807, 2.05) is 24.3 Å². The fourth-order valence-electron chi connectivity index (χ4n) is 5.64. The van der Waals surface area contributed by atoms with Gasteiger partial charge in [-0.05, 0) is 74.9 Å². The molecule has 0 saturated carbocycles. The molecule has 2 aliphatic rings. The van der Waals surface area contributed by atoms with Crippen molar-refractivity contribution in [3.8, 4) is 11.1 Å². The Kier molecular flexibility index (Phi) is 11.2. The summed E-state index contributed by atoms with van der Waals surface area (Å²) in [7, 11) is 2.43. The van der Waals surface area contributed by atoms with E-state index in [0.717, 1.165) is 11.1 Å². The van der Waals surface area contributed by atoms with Crippen LogP contribution in [-0.2, 0) is 28.7 Å². The third-order valence-electron chi connectivity index (χ3n) is 8.10. The van der Waals surface area contributed by atoms with Gasteiger partial charge in [-0.3, -0.25) is 19.2 Å². The summed E-state index contributed by atoms with van der Waals surface area (Å²) in [5.41, 5.74) is 2.92. The van der Waals surface area contributed by atoms with Gasteiger partial charge in [-0.15, -0.1) is 0 Å². The Labute approximate surface area is 267 Å². The number of carbonyl (C=O) groups is 6. The van der Waals surface area contributed by atoms with Crippen molar-refractivity contribution in [3.05, 3.63) is 48.5 Å². The van der Waals surface area contributed by atoms with Crippen LogP contribution in [0.5, 0.6) is 0 Å². The molecule has 2 aromatic carbocycles. The van der Waals surface area contributed by atoms with E-state index < -0.39 is 36.4 Å². The highest BCUT2D eigenvalue weighted by molar-refractivity contribution is 5.99. The first kappa shape index (κ1) is 33.7. The number of ether oxygens (including phenoxy) is 2. The Hall–Kier alpha value is -5.14. The van der Waals surface area contributed by atoms with Gasteiger partial charge in [0.15, 0.2) is 0 Å². The number of alkyl carbamates (subject to hydrolysis) is 2. The number of likely N-dealkylation sites (tertiary alicyclic amines) is 2. The average Bonchev–Trinajstić information content (AvgIpc) is 3.75. The Morgan fingerprint density at radius 2 is 0.978 bits per heavy atom. The van der Waals surface area contributed by atoms with E-state index in [9.17, 15) is 28.8 Å². The van der Waals surface area contributed by atoms with Crippen LogP contribution in [0.4, 0.5) is 21.0 Å². The molecule has 2 fully saturated rings. The molecule has 2 saturated heterocycles. The highest BCUT2D eigenvalue weighted by Gasteiger charge is 2.37. The quantitative estimate of drug-likeness (QED) is 0.325. The molecule has 4 N–H and O–H groups in total. The predicted octanol–water partition coefficient (Wildman–Crippen LogP) is 2.70. The summed E-state index contributed by atoms with van der Waals surface area (Å²) in [6.45, 7) is 3.94. The van der Waals surface area contributed by atoms with Gasteiger partial charge >= 0.3 is 12.2 Å². The summed E-state index contributed by atoms with van der Waals surface area (Å²) in [5, 5.41) is 10.6. The molecule has 14 nitrogen and oxygen atoms in total. The summed E-state index contributed by atoms with van der Waals surface area (Å²) in [4.78, 5) is 77.8. The van der Waals surface area contributed by atoms with Crippen molar-refractivity contribution in [3.63, 3.8) is 0 Å². The van der Waals surface area contributed by atoms with Crippen molar-refractivity contribution < 1.29 is 38.2 Å². The topological polar surface area (TPSA) is 175 Å². The maximum atomic E-state index is 13.1. The van der Waals surface area contributed by atoms with Gasteiger partial charge in [0.25, 0.3) is 0 Å². The van der Waals surface area contributed by atoms with E-state index >= 15 is 0 Å². The smallest absolute Gasteiger partial charge is 0.407 e. The first-order chi connectivity index (χ1) is 22.0. The Morgan fingerprint density at radius 1 is 0.630 bits per heavy atom. The highest BCUT2D eigenvalue weighted by atomic mass is 16.5.